The molecule has 3 aromatic carbocycles. The molecule has 0 aromatic heterocycles. The lowest BCUT2D eigenvalue weighted by atomic mass is 10.1. The number of ether oxygens (including phenoxy) is 1. The SMILES string of the molecule is Cc1cc(C)c(S(=O)(=O)N(C)CC(=O)N/N=C\c2ccccc2OCc2ccccc2)c(C)c1. The summed E-state index contributed by atoms with van der Waals surface area (Å²) in [5.74, 6) is 0.0711. The Hall–Kier alpha value is -3.49. The van der Waals surface area contributed by atoms with E-state index in [9.17, 15) is 13.2 Å². The fourth-order valence-electron chi connectivity index (χ4n) is 3.68. The predicted octanol–water partition coefficient (Wildman–Crippen LogP) is 3.96. The van der Waals surface area contributed by atoms with Crippen molar-refractivity contribution in [3.8, 4) is 5.75 Å². The molecule has 178 valence electrons. The molecule has 3 aromatic rings. The van der Waals surface area contributed by atoms with Crippen LogP contribution in [0.2, 0.25) is 0 Å². The topological polar surface area (TPSA) is 88.1 Å². The van der Waals surface area contributed by atoms with E-state index in [4.69, 9.17) is 4.74 Å². The molecule has 0 radical (unpaired) electrons. The van der Waals surface area contributed by atoms with Gasteiger partial charge in [0.2, 0.25) is 10.0 Å². The van der Waals surface area contributed by atoms with Gasteiger partial charge in [-0.25, -0.2) is 13.8 Å². The number of nitrogens with one attached hydrogen (secondary N) is 1. The Morgan fingerprint density at radius 1 is 1.00 bits per heavy atom. The lowest BCUT2D eigenvalue weighted by molar-refractivity contribution is -0.121. The molecule has 0 aliphatic carbocycles. The highest BCUT2D eigenvalue weighted by molar-refractivity contribution is 7.89. The number of nitrogens with zero attached hydrogens (tertiary/aromatic N) is 2. The summed E-state index contributed by atoms with van der Waals surface area (Å²) < 4.78 is 33.0. The first-order chi connectivity index (χ1) is 16.2. The zero-order valence-electron chi connectivity index (χ0n) is 19.8. The Kier molecular flexibility index (Phi) is 8.20. The van der Waals surface area contributed by atoms with Gasteiger partial charge in [-0.2, -0.15) is 9.41 Å². The van der Waals surface area contributed by atoms with Gasteiger partial charge in [0.15, 0.2) is 0 Å². The lowest BCUT2D eigenvalue weighted by Crippen LogP contribution is -2.37. The molecule has 8 heteroatoms. The van der Waals surface area contributed by atoms with Gasteiger partial charge in [-0.3, -0.25) is 4.79 Å². The summed E-state index contributed by atoms with van der Waals surface area (Å²) in [5, 5.41) is 3.99. The largest absolute Gasteiger partial charge is 0.488 e. The molecule has 1 amide bonds. The smallest absolute Gasteiger partial charge is 0.255 e. The minimum absolute atomic E-state index is 0.224. The fourth-order valence-corrected chi connectivity index (χ4v) is 5.21. The van der Waals surface area contributed by atoms with E-state index >= 15 is 0 Å². The Morgan fingerprint density at radius 3 is 2.29 bits per heavy atom. The van der Waals surface area contributed by atoms with Gasteiger partial charge in [-0.15, -0.1) is 0 Å². The first-order valence-electron chi connectivity index (χ1n) is 10.8. The highest BCUT2D eigenvalue weighted by Crippen LogP contribution is 2.24. The minimum atomic E-state index is -3.83. The van der Waals surface area contributed by atoms with E-state index in [0.29, 0.717) is 29.0 Å². The van der Waals surface area contributed by atoms with E-state index in [-0.39, 0.29) is 11.4 Å². The van der Waals surface area contributed by atoms with Crippen LogP contribution in [0.1, 0.15) is 27.8 Å². The zero-order chi connectivity index (χ0) is 24.7. The number of rotatable bonds is 9. The Morgan fingerprint density at radius 2 is 1.62 bits per heavy atom. The van der Waals surface area contributed by atoms with Gasteiger partial charge < -0.3 is 4.74 Å². The van der Waals surface area contributed by atoms with Crippen molar-refractivity contribution in [1.82, 2.24) is 9.73 Å². The molecular weight excluding hydrogens is 450 g/mol. The van der Waals surface area contributed by atoms with Crippen LogP contribution in [0.5, 0.6) is 5.75 Å². The van der Waals surface area contributed by atoms with Crippen molar-refractivity contribution >= 4 is 22.1 Å². The molecule has 3 rings (SSSR count). The van der Waals surface area contributed by atoms with Crippen LogP contribution in [0, 0.1) is 20.8 Å². The summed E-state index contributed by atoms with van der Waals surface area (Å²) in [7, 11) is -2.45. The van der Waals surface area contributed by atoms with E-state index in [1.54, 1.807) is 13.8 Å². The number of hydrogen-bond acceptors (Lipinski definition) is 5. The number of sulfonamides is 1. The van der Waals surface area contributed by atoms with Gasteiger partial charge in [-0.1, -0.05) is 60.2 Å². The third-order valence-corrected chi connectivity index (χ3v) is 7.30. The third kappa shape index (κ3) is 6.30. The number of carbonyl (C=O) groups excluding carboxylic acids is 1. The van der Waals surface area contributed by atoms with Crippen molar-refractivity contribution in [3.05, 3.63) is 94.5 Å². The van der Waals surface area contributed by atoms with Crippen molar-refractivity contribution in [2.75, 3.05) is 13.6 Å². The normalized spacial score (nSPS) is 11.7. The van der Waals surface area contributed by atoms with Crippen molar-refractivity contribution in [2.45, 2.75) is 32.3 Å². The standard InChI is InChI=1S/C26H29N3O4S/c1-19-14-20(2)26(21(3)15-19)34(31,32)29(4)17-25(30)28-27-16-23-12-8-9-13-24(23)33-18-22-10-6-5-7-11-22/h5-16H,17-18H2,1-4H3,(H,28,30)/b27-16-. The van der Waals surface area contributed by atoms with Gasteiger partial charge in [0.25, 0.3) is 5.91 Å². The first kappa shape index (κ1) is 25.1. The van der Waals surface area contributed by atoms with Crippen molar-refractivity contribution in [2.24, 2.45) is 5.10 Å². The summed E-state index contributed by atoms with van der Waals surface area (Å²) in [6.45, 7) is 5.46. The number of amides is 1. The number of likely N-dealkylation sites (N-methyl/N-ethyl adjacent to an activating group) is 1. The maximum absolute atomic E-state index is 13.0. The molecule has 0 saturated carbocycles. The van der Waals surface area contributed by atoms with Crippen LogP contribution in [0.3, 0.4) is 0 Å². The number of hydrogen-bond donors (Lipinski definition) is 1. The number of aryl methyl sites for hydroxylation is 3. The first-order valence-corrected chi connectivity index (χ1v) is 12.2. The molecule has 0 atom stereocenters. The molecular formula is C26H29N3O4S. The predicted molar refractivity (Wildman–Crippen MR) is 133 cm³/mol. The lowest BCUT2D eigenvalue weighted by Gasteiger charge is -2.19. The van der Waals surface area contributed by atoms with Crippen LogP contribution in [0.4, 0.5) is 0 Å². The molecule has 0 aliphatic rings. The fraction of sp³-hybridized carbons (Fsp3) is 0.231. The number of hydrazone groups is 1. The Bertz CT molecular complexity index is 1270. The van der Waals surface area contributed by atoms with Crippen molar-refractivity contribution < 1.29 is 17.9 Å². The number of benzene rings is 3. The summed E-state index contributed by atoms with van der Waals surface area (Å²) >= 11 is 0. The third-order valence-electron chi connectivity index (χ3n) is 5.19. The second kappa shape index (κ2) is 11.1. The van der Waals surface area contributed by atoms with E-state index in [1.807, 2.05) is 73.7 Å². The molecule has 0 aliphatic heterocycles. The minimum Gasteiger partial charge on any atom is -0.488 e. The highest BCUT2D eigenvalue weighted by atomic mass is 32.2. The van der Waals surface area contributed by atoms with E-state index in [0.717, 1.165) is 15.4 Å². The van der Waals surface area contributed by atoms with Crippen LogP contribution in [0.25, 0.3) is 0 Å². The molecule has 0 fully saturated rings. The van der Waals surface area contributed by atoms with Crippen LogP contribution in [-0.2, 0) is 21.4 Å². The highest BCUT2D eigenvalue weighted by Gasteiger charge is 2.26. The molecule has 0 spiro atoms. The average Bonchev–Trinajstić information content (AvgIpc) is 2.78. The maximum atomic E-state index is 13.0. The van der Waals surface area contributed by atoms with Crippen molar-refractivity contribution in [3.63, 3.8) is 0 Å². The van der Waals surface area contributed by atoms with Crippen LogP contribution in [-0.4, -0.2) is 38.4 Å². The molecule has 0 saturated heterocycles. The second-order valence-electron chi connectivity index (χ2n) is 8.09. The molecule has 34 heavy (non-hydrogen) atoms. The van der Waals surface area contributed by atoms with E-state index in [1.165, 1.54) is 13.3 Å². The molecule has 0 bridgehead atoms. The Labute approximate surface area is 201 Å². The zero-order valence-corrected chi connectivity index (χ0v) is 20.6. The summed E-state index contributed by atoms with van der Waals surface area (Å²) in [6, 6.07) is 20.7. The summed E-state index contributed by atoms with van der Waals surface area (Å²) in [4.78, 5) is 12.6. The van der Waals surface area contributed by atoms with Gasteiger partial charge in [0.05, 0.1) is 17.7 Å². The monoisotopic (exact) mass is 479 g/mol. The van der Waals surface area contributed by atoms with Gasteiger partial charge >= 0.3 is 0 Å². The Balaban J connectivity index is 1.62. The van der Waals surface area contributed by atoms with Gasteiger partial charge in [0, 0.05) is 12.6 Å². The van der Waals surface area contributed by atoms with Crippen LogP contribution in [0.15, 0.2) is 76.7 Å². The van der Waals surface area contributed by atoms with Crippen LogP contribution >= 0.6 is 0 Å². The number of para-hydroxylation sites is 1. The summed E-state index contributed by atoms with van der Waals surface area (Å²) in [5.41, 5.74) is 6.39. The maximum Gasteiger partial charge on any atom is 0.255 e. The van der Waals surface area contributed by atoms with E-state index < -0.39 is 15.9 Å². The molecule has 1 N–H and O–H groups in total. The quantitative estimate of drug-likeness (QED) is 0.372. The number of carbonyl (C=O) groups is 1. The molecule has 7 nitrogen and oxygen atoms in total. The molecule has 0 heterocycles. The molecule has 0 unspecified atom stereocenters. The van der Waals surface area contributed by atoms with E-state index in [2.05, 4.69) is 10.5 Å². The second-order valence-corrected chi connectivity index (χ2v) is 10.1. The van der Waals surface area contributed by atoms with Gasteiger partial charge in [0.1, 0.15) is 12.4 Å². The van der Waals surface area contributed by atoms with Gasteiger partial charge in [-0.05, 0) is 49.6 Å². The summed E-state index contributed by atoms with van der Waals surface area (Å²) in [6.07, 6.45) is 1.47. The van der Waals surface area contributed by atoms with Crippen LogP contribution < -0.4 is 10.2 Å². The average molecular weight is 480 g/mol. The van der Waals surface area contributed by atoms with Crippen molar-refractivity contribution in [1.29, 1.82) is 0 Å².